The quantitative estimate of drug-likeness (QED) is 0.612. The summed E-state index contributed by atoms with van der Waals surface area (Å²) >= 11 is 0. The molecule has 3 rings (SSSR count). The van der Waals surface area contributed by atoms with E-state index in [-0.39, 0.29) is 11.6 Å². The molecule has 0 radical (unpaired) electrons. The molecule has 1 aromatic carbocycles. The molecule has 0 N–H and O–H groups in total. The Morgan fingerprint density at radius 3 is 2.56 bits per heavy atom. The topological polar surface area (TPSA) is 69.9 Å². The minimum absolute atomic E-state index is 0.165. The van der Waals surface area contributed by atoms with E-state index >= 15 is 0 Å². The zero-order chi connectivity index (χ0) is 17.8. The van der Waals surface area contributed by atoms with Gasteiger partial charge < -0.3 is 9.80 Å². The summed E-state index contributed by atoms with van der Waals surface area (Å²) in [6, 6.07) is 3.69. The molecule has 0 aromatic heterocycles. The smallest absolute Gasteiger partial charge is 0.295 e. The van der Waals surface area contributed by atoms with Crippen LogP contribution >= 0.6 is 0 Å². The molecule has 0 atom stereocenters. The molecular formula is C17H23FN4O3. The second kappa shape index (κ2) is 7.77. The molecule has 2 saturated heterocycles. The van der Waals surface area contributed by atoms with Gasteiger partial charge in [-0.05, 0) is 31.4 Å². The first-order valence-corrected chi connectivity index (χ1v) is 8.73. The van der Waals surface area contributed by atoms with Gasteiger partial charge in [0.15, 0.2) is 0 Å². The van der Waals surface area contributed by atoms with Crippen molar-refractivity contribution in [2.75, 3.05) is 50.7 Å². The highest BCUT2D eigenvalue weighted by Gasteiger charge is 2.25. The van der Waals surface area contributed by atoms with Gasteiger partial charge in [0.05, 0.1) is 17.5 Å². The Labute approximate surface area is 146 Å². The molecule has 136 valence electrons. The van der Waals surface area contributed by atoms with Crippen molar-refractivity contribution in [1.29, 1.82) is 0 Å². The van der Waals surface area contributed by atoms with Gasteiger partial charge in [-0.1, -0.05) is 0 Å². The van der Waals surface area contributed by atoms with E-state index in [1.165, 1.54) is 12.1 Å². The Bertz CT molecular complexity index is 649. The highest BCUT2D eigenvalue weighted by Crippen LogP contribution is 2.29. The number of benzene rings is 1. The van der Waals surface area contributed by atoms with Crippen molar-refractivity contribution in [3.8, 4) is 0 Å². The summed E-state index contributed by atoms with van der Waals surface area (Å²) in [6.45, 7) is 4.78. The third kappa shape index (κ3) is 4.25. The number of hydrogen-bond acceptors (Lipinski definition) is 5. The van der Waals surface area contributed by atoms with Crippen molar-refractivity contribution >= 4 is 17.3 Å². The van der Waals surface area contributed by atoms with Crippen LogP contribution in [0, 0.1) is 15.9 Å². The lowest BCUT2D eigenvalue weighted by molar-refractivity contribution is -0.384. The number of nitro groups is 1. The average molecular weight is 350 g/mol. The molecule has 0 saturated carbocycles. The zero-order valence-electron chi connectivity index (χ0n) is 14.2. The second-order valence-electron chi connectivity index (χ2n) is 6.59. The normalized spacial score (nSPS) is 19.1. The molecular weight excluding hydrogens is 327 g/mol. The van der Waals surface area contributed by atoms with Crippen LogP contribution in [0.4, 0.5) is 15.8 Å². The lowest BCUT2D eigenvalue weighted by atomic mass is 10.2. The zero-order valence-corrected chi connectivity index (χ0v) is 14.2. The van der Waals surface area contributed by atoms with E-state index in [9.17, 15) is 19.3 Å². The number of rotatable bonds is 4. The highest BCUT2D eigenvalue weighted by molar-refractivity contribution is 5.78. The summed E-state index contributed by atoms with van der Waals surface area (Å²) in [5, 5.41) is 11.2. The number of likely N-dealkylation sites (tertiary alicyclic amines) is 1. The summed E-state index contributed by atoms with van der Waals surface area (Å²) < 4.78 is 13.3. The number of halogens is 1. The third-order valence-electron chi connectivity index (χ3n) is 4.88. The van der Waals surface area contributed by atoms with E-state index in [2.05, 4.69) is 4.90 Å². The van der Waals surface area contributed by atoms with Crippen LogP contribution in [-0.2, 0) is 4.79 Å². The average Bonchev–Trinajstić information content (AvgIpc) is 3.03. The molecule has 25 heavy (non-hydrogen) atoms. The van der Waals surface area contributed by atoms with E-state index < -0.39 is 10.7 Å². The van der Waals surface area contributed by atoms with Crippen LogP contribution in [0.2, 0.25) is 0 Å². The van der Waals surface area contributed by atoms with Crippen molar-refractivity contribution in [2.24, 2.45) is 0 Å². The van der Waals surface area contributed by atoms with Gasteiger partial charge in [0.25, 0.3) is 5.69 Å². The molecule has 2 heterocycles. The number of carbonyl (C=O) groups is 1. The van der Waals surface area contributed by atoms with Crippen LogP contribution in [0.3, 0.4) is 0 Å². The lowest BCUT2D eigenvalue weighted by Gasteiger charge is -2.24. The molecule has 1 aromatic rings. The fourth-order valence-electron chi connectivity index (χ4n) is 3.54. The van der Waals surface area contributed by atoms with Crippen molar-refractivity contribution in [3.05, 3.63) is 34.1 Å². The first-order chi connectivity index (χ1) is 12.0. The number of nitro benzene ring substituents is 1. The van der Waals surface area contributed by atoms with Gasteiger partial charge in [-0.25, -0.2) is 4.39 Å². The second-order valence-corrected chi connectivity index (χ2v) is 6.59. The predicted molar refractivity (Wildman–Crippen MR) is 92.1 cm³/mol. The Hall–Kier alpha value is -2.22. The third-order valence-corrected chi connectivity index (χ3v) is 4.88. The van der Waals surface area contributed by atoms with Crippen LogP contribution in [0.1, 0.15) is 19.3 Å². The van der Waals surface area contributed by atoms with E-state index in [0.717, 1.165) is 45.0 Å². The number of anilines is 1. The minimum atomic E-state index is -0.608. The highest BCUT2D eigenvalue weighted by atomic mass is 19.1. The molecule has 0 spiro atoms. The minimum Gasteiger partial charge on any atom is -0.365 e. The summed E-state index contributed by atoms with van der Waals surface area (Å²) in [6.07, 6.45) is 2.96. The van der Waals surface area contributed by atoms with Gasteiger partial charge in [-0.2, -0.15) is 0 Å². The van der Waals surface area contributed by atoms with Crippen molar-refractivity contribution in [2.45, 2.75) is 19.3 Å². The number of nitrogens with zero attached hydrogens (tertiary/aromatic N) is 4. The molecule has 1 amide bonds. The maximum absolute atomic E-state index is 13.3. The van der Waals surface area contributed by atoms with Crippen LogP contribution in [0.5, 0.6) is 0 Å². The van der Waals surface area contributed by atoms with Gasteiger partial charge in [-0.3, -0.25) is 19.8 Å². The SMILES string of the molecule is O=C(CN1CCCN(c2ccc(F)cc2[N+](=O)[O-])CC1)N1CCCC1. The largest absolute Gasteiger partial charge is 0.365 e. The maximum atomic E-state index is 13.3. The fourth-order valence-corrected chi connectivity index (χ4v) is 3.54. The first kappa shape index (κ1) is 17.6. The summed E-state index contributed by atoms with van der Waals surface area (Å²) in [5.41, 5.74) is 0.237. The van der Waals surface area contributed by atoms with E-state index in [4.69, 9.17) is 0 Å². The standard InChI is InChI=1S/C17H23FN4O3/c18-14-4-5-15(16(12-14)22(24)25)20-9-3-6-19(10-11-20)13-17(23)21-7-1-2-8-21/h4-5,12H,1-3,6-11,13H2. The van der Waals surface area contributed by atoms with Crippen LogP contribution in [0.25, 0.3) is 0 Å². The Balaban J connectivity index is 1.63. The molecule has 2 aliphatic heterocycles. The van der Waals surface area contributed by atoms with Crippen LogP contribution in [-0.4, -0.2) is 66.4 Å². The lowest BCUT2D eigenvalue weighted by Crippen LogP contribution is -2.40. The molecule has 8 heteroatoms. The van der Waals surface area contributed by atoms with E-state index in [1.807, 2.05) is 9.80 Å². The predicted octanol–water partition coefficient (Wildman–Crippen LogP) is 1.87. The Morgan fingerprint density at radius 2 is 1.84 bits per heavy atom. The number of amides is 1. The maximum Gasteiger partial charge on any atom is 0.295 e. The first-order valence-electron chi connectivity index (χ1n) is 8.73. The summed E-state index contributed by atoms with van der Waals surface area (Å²) in [5.74, 6) is -0.443. The van der Waals surface area contributed by atoms with Gasteiger partial charge >= 0.3 is 0 Å². The Morgan fingerprint density at radius 1 is 1.08 bits per heavy atom. The summed E-state index contributed by atoms with van der Waals surface area (Å²) in [4.78, 5) is 28.9. The molecule has 0 unspecified atom stereocenters. The fraction of sp³-hybridized carbons (Fsp3) is 0.588. The monoisotopic (exact) mass is 350 g/mol. The molecule has 2 fully saturated rings. The van der Waals surface area contributed by atoms with Crippen molar-refractivity contribution in [3.63, 3.8) is 0 Å². The Kier molecular flexibility index (Phi) is 5.47. The van der Waals surface area contributed by atoms with Gasteiger partial charge in [-0.15, -0.1) is 0 Å². The molecule has 7 nitrogen and oxygen atoms in total. The molecule has 0 aliphatic carbocycles. The van der Waals surface area contributed by atoms with Gasteiger partial charge in [0.1, 0.15) is 11.5 Å². The molecule has 2 aliphatic rings. The number of carbonyl (C=O) groups excluding carboxylic acids is 1. The number of hydrogen-bond donors (Lipinski definition) is 0. The van der Waals surface area contributed by atoms with Crippen molar-refractivity contribution < 1.29 is 14.1 Å². The van der Waals surface area contributed by atoms with E-state index in [1.54, 1.807) is 0 Å². The van der Waals surface area contributed by atoms with Crippen LogP contribution < -0.4 is 4.90 Å². The molecule has 0 bridgehead atoms. The van der Waals surface area contributed by atoms with Crippen LogP contribution in [0.15, 0.2) is 18.2 Å². The van der Waals surface area contributed by atoms with Gasteiger partial charge in [0, 0.05) is 39.3 Å². The van der Waals surface area contributed by atoms with Gasteiger partial charge in [0.2, 0.25) is 5.91 Å². The van der Waals surface area contributed by atoms with E-state index in [0.29, 0.717) is 31.9 Å². The summed E-state index contributed by atoms with van der Waals surface area (Å²) in [7, 11) is 0. The van der Waals surface area contributed by atoms with Crippen molar-refractivity contribution in [1.82, 2.24) is 9.80 Å².